The van der Waals surface area contributed by atoms with Crippen molar-refractivity contribution in [2.45, 2.75) is 50.3 Å². The molecule has 0 saturated heterocycles. The number of hydrogen-bond donors (Lipinski definition) is 2. The normalized spacial score (nSPS) is 17.6. The average molecular weight is 306 g/mol. The van der Waals surface area contributed by atoms with Gasteiger partial charge < -0.3 is 11.1 Å². The number of amides is 1. The average Bonchev–Trinajstić information content (AvgIpc) is 2.49. The van der Waals surface area contributed by atoms with Crippen LogP contribution in [0.3, 0.4) is 0 Å². The molecule has 0 atom stereocenters. The summed E-state index contributed by atoms with van der Waals surface area (Å²) in [4.78, 5) is 11.2. The summed E-state index contributed by atoms with van der Waals surface area (Å²) in [5, 5.41) is 3.62. The summed E-state index contributed by atoms with van der Waals surface area (Å²) in [5.74, 6) is -0.360. The van der Waals surface area contributed by atoms with Gasteiger partial charge in [0.05, 0.1) is 0 Å². The van der Waals surface area contributed by atoms with Gasteiger partial charge in [0, 0.05) is 23.4 Å². The largest absolute Gasteiger partial charge is 0.366 e. The molecule has 4 heteroatoms. The van der Waals surface area contributed by atoms with Crippen molar-refractivity contribution in [1.29, 1.82) is 0 Å². The maximum Gasteiger partial charge on any atom is 0.248 e. The lowest BCUT2D eigenvalue weighted by atomic mass is 9.88. The number of rotatable bonds is 6. The number of benzene rings is 1. The molecule has 1 aromatic carbocycles. The Kier molecular flexibility index (Phi) is 5.71. The Morgan fingerprint density at radius 1 is 1.33 bits per heavy atom. The van der Waals surface area contributed by atoms with Gasteiger partial charge in [0.25, 0.3) is 0 Å². The van der Waals surface area contributed by atoms with Gasteiger partial charge >= 0.3 is 0 Å². The molecule has 1 saturated carbocycles. The second kappa shape index (κ2) is 7.32. The Morgan fingerprint density at radius 3 is 2.62 bits per heavy atom. The number of nitrogens with two attached hydrogens (primary N) is 1. The Hall–Kier alpha value is -1.00. The highest BCUT2D eigenvalue weighted by atomic mass is 32.2. The van der Waals surface area contributed by atoms with E-state index < -0.39 is 0 Å². The van der Waals surface area contributed by atoms with Crippen LogP contribution in [-0.2, 0) is 6.54 Å². The Bertz CT molecular complexity index is 496. The van der Waals surface area contributed by atoms with Crippen LogP contribution in [0.15, 0.2) is 18.2 Å². The molecule has 0 spiro atoms. The zero-order valence-electron chi connectivity index (χ0n) is 13.1. The quantitative estimate of drug-likeness (QED) is 0.848. The molecule has 21 heavy (non-hydrogen) atoms. The predicted octanol–water partition coefficient (Wildman–Crippen LogP) is 3.25. The van der Waals surface area contributed by atoms with Crippen molar-refractivity contribution < 1.29 is 4.79 Å². The minimum atomic E-state index is -0.360. The van der Waals surface area contributed by atoms with E-state index in [4.69, 9.17) is 5.73 Å². The van der Waals surface area contributed by atoms with Crippen molar-refractivity contribution in [2.75, 3.05) is 12.8 Å². The highest BCUT2D eigenvalue weighted by molar-refractivity contribution is 8.00. The fourth-order valence-electron chi connectivity index (χ4n) is 3.12. The summed E-state index contributed by atoms with van der Waals surface area (Å²) in [6, 6.07) is 5.71. The SMILES string of the molecule is CSC1(CNCc2ccc(C(N)=O)cc2C)CCCCC1. The molecular formula is C17H26N2OS. The van der Waals surface area contributed by atoms with Crippen LogP contribution in [0.2, 0.25) is 0 Å². The first-order valence-corrected chi connectivity index (χ1v) is 8.94. The van der Waals surface area contributed by atoms with Crippen LogP contribution in [0.4, 0.5) is 0 Å². The van der Waals surface area contributed by atoms with Gasteiger partial charge in [-0.05, 0) is 49.3 Å². The van der Waals surface area contributed by atoms with Crippen LogP contribution < -0.4 is 11.1 Å². The summed E-state index contributed by atoms with van der Waals surface area (Å²) in [5.41, 5.74) is 8.26. The van der Waals surface area contributed by atoms with Gasteiger partial charge in [0.1, 0.15) is 0 Å². The minimum Gasteiger partial charge on any atom is -0.366 e. The topological polar surface area (TPSA) is 55.1 Å². The fraction of sp³-hybridized carbons (Fsp3) is 0.588. The van der Waals surface area contributed by atoms with Crippen LogP contribution >= 0.6 is 11.8 Å². The molecule has 116 valence electrons. The van der Waals surface area contributed by atoms with E-state index in [2.05, 4.69) is 11.6 Å². The maximum absolute atomic E-state index is 11.2. The van der Waals surface area contributed by atoms with E-state index in [0.717, 1.165) is 18.7 Å². The molecule has 1 fully saturated rings. The summed E-state index contributed by atoms with van der Waals surface area (Å²) < 4.78 is 0.416. The van der Waals surface area contributed by atoms with E-state index in [-0.39, 0.29) is 5.91 Å². The van der Waals surface area contributed by atoms with Crippen molar-refractivity contribution in [2.24, 2.45) is 5.73 Å². The number of hydrogen-bond acceptors (Lipinski definition) is 3. The van der Waals surface area contributed by atoms with Gasteiger partial charge in [-0.15, -0.1) is 0 Å². The van der Waals surface area contributed by atoms with Gasteiger partial charge in [0.2, 0.25) is 5.91 Å². The van der Waals surface area contributed by atoms with E-state index >= 15 is 0 Å². The molecule has 0 bridgehead atoms. The Morgan fingerprint density at radius 2 is 2.05 bits per heavy atom. The van der Waals surface area contributed by atoms with Crippen LogP contribution in [0, 0.1) is 6.92 Å². The van der Waals surface area contributed by atoms with Crippen molar-refractivity contribution in [3.05, 3.63) is 34.9 Å². The van der Waals surface area contributed by atoms with Gasteiger partial charge in [-0.1, -0.05) is 25.3 Å². The summed E-state index contributed by atoms with van der Waals surface area (Å²) in [7, 11) is 0. The van der Waals surface area contributed by atoms with Crippen LogP contribution in [0.1, 0.15) is 53.6 Å². The molecule has 0 aromatic heterocycles. The minimum absolute atomic E-state index is 0.360. The molecule has 0 heterocycles. The Labute approximate surface area is 132 Å². The number of nitrogens with one attached hydrogen (secondary N) is 1. The highest BCUT2D eigenvalue weighted by Gasteiger charge is 2.30. The summed E-state index contributed by atoms with van der Waals surface area (Å²) in [6.45, 7) is 3.95. The van der Waals surface area contributed by atoms with E-state index in [1.807, 2.05) is 36.9 Å². The zero-order valence-corrected chi connectivity index (χ0v) is 13.9. The van der Waals surface area contributed by atoms with Crippen molar-refractivity contribution in [3.63, 3.8) is 0 Å². The van der Waals surface area contributed by atoms with E-state index in [9.17, 15) is 4.79 Å². The Balaban J connectivity index is 1.92. The van der Waals surface area contributed by atoms with Gasteiger partial charge in [0.15, 0.2) is 0 Å². The molecule has 3 nitrogen and oxygen atoms in total. The smallest absolute Gasteiger partial charge is 0.248 e. The number of thioether (sulfide) groups is 1. The summed E-state index contributed by atoms with van der Waals surface area (Å²) >= 11 is 2.02. The maximum atomic E-state index is 11.2. The molecule has 0 aliphatic heterocycles. The number of carbonyl (C=O) groups is 1. The third-order valence-electron chi connectivity index (χ3n) is 4.59. The van der Waals surface area contributed by atoms with E-state index in [1.165, 1.54) is 37.7 Å². The van der Waals surface area contributed by atoms with Crippen LogP contribution in [0.25, 0.3) is 0 Å². The number of carbonyl (C=O) groups excluding carboxylic acids is 1. The van der Waals surface area contributed by atoms with Gasteiger partial charge in [-0.25, -0.2) is 0 Å². The summed E-state index contributed by atoms with van der Waals surface area (Å²) in [6.07, 6.45) is 8.97. The first kappa shape index (κ1) is 16.4. The third-order valence-corrected chi connectivity index (χ3v) is 6.01. The fourth-order valence-corrected chi connectivity index (χ4v) is 4.06. The number of primary amides is 1. The molecule has 3 N–H and O–H groups in total. The highest BCUT2D eigenvalue weighted by Crippen LogP contribution is 2.38. The lowest BCUT2D eigenvalue weighted by Crippen LogP contribution is -2.39. The second-order valence-corrected chi connectivity index (χ2v) is 7.33. The molecule has 2 rings (SSSR count). The van der Waals surface area contributed by atoms with Crippen molar-refractivity contribution in [3.8, 4) is 0 Å². The van der Waals surface area contributed by atoms with E-state index in [1.54, 1.807) is 0 Å². The van der Waals surface area contributed by atoms with E-state index in [0.29, 0.717) is 10.3 Å². The standard InChI is InChI=1S/C17H26N2OS/c1-13-10-14(16(18)20)6-7-15(13)11-19-12-17(21-2)8-4-3-5-9-17/h6-7,10,19H,3-5,8-9,11-12H2,1-2H3,(H2,18,20). The molecule has 0 unspecified atom stereocenters. The molecule has 1 aliphatic rings. The van der Waals surface area contributed by atoms with Crippen LogP contribution in [-0.4, -0.2) is 23.5 Å². The van der Waals surface area contributed by atoms with Gasteiger partial charge in [-0.3, -0.25) is 4.79 Å². The lowest BCUT2D eigenvalue weighted by molar-refractivity contribution is 0.1000. The zero-order chi connectivity index (χ0) is 15.3. The molecule has 1 aliphatic carbocycles. The van der Waals surface area contributed by atoms with Crippen molar-refractivity contribution >= 4 is 17.7 Å². The van der Waals surface area contributed by atoms with Crippen LogP contribution in [0.5, 0.6) is 0 Å². The molecule has 0 radical (unpaired) electrons. The third kappa shape index (κ3) is 4.24. The molecule has 1 amide bonds. The monoisotopic (exact) mass is 306 g/mol. The lowest BCUT2D eigenvalue weighted by Gasteiger charge is -2.36. The first-order valence-electron chi connectivity index (χ1n) is 7.71. The number of aryl methyl sites for hydroxylation is 1. The molecule has 1 aromatic rings. The van der Waals surface area contributed by atoms with Crippen molar-refractivity contribution in [1.82, 2.24) is 5.32 Å². The predicted molar refractivity (Wildman–Crippen MR) is 90.7 cm³/mol. The molecular weight excluding hydrogens is 280 g/mol. The first-order chi connectivity index (χ1) is 10.1. The second-order valence-electron chi connectivity index (χ2n) is 6.06. The van der Waals surface area contributed by atoms with Gasteiger partial charge in [-0.2, -0.15) is 11.8 Å².